The molecular weight excluding hydrogens is 384 g/mol. The molecule has 1 aliphatic carbocycles. The zero-order valence-electron chi connectivity index (χ0n) is 17.8. The molecule has 0 amide bonds. The topological polar surface area (TPSA) is 113 Å². The lowest BCUT2D eigenvalue weighted by molar-refractivity contribution is -0.137. The second-order valence-electron chi connectivity index (χ2n) is 8.50. The predicted molar refractivity (Wildman–Crippen MR) is 112 cm³/mol. The standard InChI is InChI=1S/C22H32N4O4/c1-26(2)22(29)17-11-12-23-18(13-17)20-24-21(30-25-20)16(14-19(27)28)10-6-9-15-7-4-3-5-8-15/h11-13,15-16,22,29H,3-10,14H2,1-2H3,(H,27,28)/t16-,22?/m1/s1. The molecule has 1 saturated carbocycles. The lowest BCUT2D eigenvalue weighted by Crippen LogP contribution is -2.19. The van der Waals surface area contributed by atoms with Gasteiger partial charge in [0, 0.05) is 12.1 Å². The third-order valence-corrected chi connectivity index (χ3v) is 5.90. The van der Waals surface area contributed by atoms with Gasteiger partial charge in [0.1, 0.15) is 11.9 Å². The first-order valence-electron chi connectivity index (χ1n) is 10.8. The van der Waals surface area contributed by atoms with Gasteiger partial charge >= 0.3 is 5.97 Å². The highest BCUT2D eigenvalue weighted by Gasteiger charge is 2.24. The maximum atomic E-state index is 11.4. The van der Waals surface area contributed by atoms with Gasteiger partial charge in [-0.25, -0.2) is 0 Å². The Morgan fingerprint density at radius 1 is 1.30 bits per heavy atom. The second-order valence-corrected chi connectivity index (χ2v) is 8.50. The van der Waals surface area contributed by atoms with Crippen molar-refractivity contribution in [1.29, 1.82) is 0 Å². The third-order valence-electron chi connectivity index (χ3n) is 5.90. The van der Waals surface area contributed by atoms with Crippen molar-refractivity contribution >= 4 is 5.97 Å². The Bertz CT molecular complexity index is 817. The van der Waals surface area contributed by atoms with Crippen LogP contribution in [0.3, 0.4) is 0 Å². The Kier molecular flexibility index (Phi) is 7.93. The molecule has 2 aromatic heterocycles. The minimum absolute atomic E-state index is 0.0287. The average molecular weight is 417 g/mol. The fraction of sp³-hybridized carbons (Fsp3) is 0.636. The normalized spacial score (nSPS) is 17.2. The van der Waals surface area contributed by atoms with Crippen molar-refractivity contribution in [3.8, 4) is 11.5 Å². The highest BCUT2D eigenvalue weighted by molar-refractivity contribution is 5.67. The van der Waals surface area contributed by atoms with E-state index in [-0.39, 0.29) is 12.3 Å². The number of carbonyl (C=O) groups is 1. The van der Waals surface area contributed by atoms with Crippen LogP contribution >= 0.6 is 0 Å². The summed E-state index contributed by atoms with van der Waals surface area (Å²) in [6.45, 7) is 0. The van der Waals surface area contributed by atoms with Gasteiger partial charge < -0.3 is 14.7 Å². The number of pyridine rings is 1. The number of rotatable bonds is 10. The number of aliphatic hydroxyl groups is 1. The van der Waals surface area contributed by atoms with E-state index >= 15 is 0 Å². The second kappa shape index (κ2) is 10.6. The van der Waals surface area contributed by atoms with Crippen molar-refractivity contribution < 1.29 is 19.5 Å². The molecule has 2 N–H and O–H groups in total. The molecular formula is C22H32N4O4. The van der Waals surface area contributed by atoms with E-state index in [9.17, 15) is 15.0 Å². The molecule has 0 aromatic carbocycles. The van der Waals surface area contributed by atoms with Gasteiger partial charge in [-0.3, -0.25) is 14.7 Å². The molecule has 8 heteroatoms. The molecule has 1 fully saturated rings. The Balaban J connectivity index is 1.68. The lowest BCUT2D eigenvalue weighted by atomic mass is 9.84. The smallest absolute Gasteiger partial charge is 0.304 e. The maximum absolute atomic E-state index is 11.4. The van der Waals surface area contributed by atoms with Gasteiger partial charge in [-0.1, -0.05) is 50.1 Å². The summed E-state index contributed by atoms with van der Waals surface area (Å²) in [5.74, 6) is 0.240. The van der Waals surface area contributed by atoms with E-state index in [4.69, 9.17) is 4.52 Å². The fourth-order valence-corrected chi connectivity index (χ4v) is 4.19. The van der Waals surface area contributed by atoms with Crippen LogP contribution in [0.15, 0.2) is 22.9 Å². The lowest BCUT2D eigenvalue weighted by Gasteiger charge is -2.21. The number of nitrogens with zero attached hydrogens (tertiary/aromatic N) is 4. The van der Waals surface area contributed by atoms with E-state index in [2.05, 4.69) is 15.1 Å². The molecule has 0 spiro atoms. The van der Waals surface area contributed by atoms with Crippen molar-refractivity contribution in [1.82, 2.24) is 20.0 Å². The molecule has 0 aliphatic heterocycles. The molecule has 0 bridgehead atoms. The number of aliphatic carboxylic acids is 1. The Labute approximate surface area is 177 Å². The summed E-state index contributed by atoms with van der Waals surface area (Å²) in [5.41, 5.74) is 1.16. The van der Waals surface area contributed by atoms with Crippen LogP contribution in [0, 0.1) is 5.92 Å². The van der Waals surface area contributed by atoms with Crippen molar-refractivity contribution in [3.63, 3.8) is 0 Å². The maximum Gasteiger partial charge on any atom is 0.304 e. The van der Waals surface area contributed by atoms with E-state index < -0.39 is 12.2 Å². The predicted octanol–water partition coefficient (Wildman–Crippen LogP) is 3.99. The van der Waals surface area contributed by atoms with Crippen molar-refractivity contribution in [3.05, 3.63) is 29.8 Å². The van der Waals surface area contributed by atoms with Crippen LogP contribution in [0.4, 0.5) is 0 Å². The summed E-state index contributed by atoms with van der Waals surface area (Å²) in [7, 11) is 3.56. The fourth-order valence-electron chi connectivity index (χ4n) is 4.19. The Morgan fingerprint density at radius 3 is 2.77 bits per heavy atom. The van der Waals surface area contributed by atoms with Crippen molar-refractivity contribution in [2.24, 2.45) is 5.92 Å². The Morgan fingerprint density at radius 2 is 2.07 bits per heavy atom. The van der Waals surface area contributed by atoms with E-state index in [0.29, 0.717) is 23.0 Å². The average Bonchev–Trinajstić information content (AvgIpc) is 3.23. The molecule has 164 valence electrons. The molecule has 1 aliphatic rings. The molecule has 2 aromatic rings. The van der Waals surface area contributed by atoms with Gasteiger partial charge in [0.05, 0.1) is 6.42 Å². The molecule has 0 saturated heterocycles. The van der Waals surface area contributed by atoms with E-state index in [1.807, 2.05) is 0 Å². The molecule has 3 rings (SSSR count). The van der Waals surface area contributed by atoms with Crippen LogP contribution in [0.2, 0.25) is 0 Å². The van der Waals surface area contributed by atoms with Crippen LogP contribution < -0.4 is 0 Å². The molecule has 30 heavy (non-hydrogen) atoms. The Hall–Kier alpha value is -2.32. The van der Waals surface area contributed by atoms with Crippen LogP contribution in [0.5, 0.6) is 0 Å². The minimum Gasteiger partial charge on any atom is -0.481 e. The zero-order valence-corrected chi connectivity index (χ0v) is 17.8. The SMILES string of the molecule is CN(C)C(O)c1ccnc(-c2noc([C@H](CCCC3CCCCC3)CC(=O)O)n2)c1. The van der Waals surface area contributed by atoms with Crippen LogP contribution in [-0.2, 0) is 4.79 Å². The number of hydrogen-bond acceptors (Lipinski definition) is 7. The largest absolute Gasteiger partial charge is 0.481 e. The summed E-state index contributed by atoms with van der Waals surface area (Å²) in [4.78, 5) is 21.8. The summed E-state index contributed by atoms with van der Waals surface area (Å²) < 4.78 is 5.44. The third kappa shape index (κ3) is 6.09. The van der Waals surface area contributed by atoms with E-state index in [1.165, 1.54) is 32.1 Å². The van der Waals surface area contributed by atoms with Crippen molar-refractivity contribution in [2.45, 2.75) is 69.9 Å². The molecule has 2 heterocycles. The quantitative estimate of drug-likeness (QED) is 0.559. The first-order valence-corrected chi connectivity index (χ1v) is 10.8. The van der Waals surface area contributed by atoms with Crippen LogP contribution in [-0.4, -0.2) is 50.3 Å². The summed E-state index contributed by atoms with van der Waals surface area (Å²) in [6.07, 6.45) is 10.1. The molecule has 0 radical (unpaired) electrons. The number of carboxylic acids is 1. The monoisotopic (exact) mass is 416 g/mol. The zero-order chi connectivity index (χ0) is 21.5. The van der Waals surface area contributed by atoms with Gasteiger partial charge in [-0.05, 0) is 44.1 Å². The van der Waals surface area contributed by atoms with E-state index in [1.54, 1.807) is 37.3 Å². The number of hydrogen-bond donors (Lipinski definition) is 2. The first kappa shape index (κ1) is 22.4. The van der Waals surface area contributed by atoms with Gasteiger partial charge in [0.25, 0.3) is 0 Å². The number of aliphatic hydroxyl groups excluding tert-OH is 1. The van der Waals surface area contributed by atoms with E-state index in [0.717, 1.165) is 25.2 Å². The van der Waals surface area contributed by atoms with Crippen LogP contribution in [0.25, 0.3) is 11.5 Å². The molecule has 2 atom stereocenters. The highest BCUT2D eigenvalue weighted by Crippen LogP contribution is 2.31. The summed E-state index contributed by atoms with van der Waals surface area (Å²) in [6, 6.07) is 3.45. The molecule has 8 nitrogen and oxygen atoms in total. The van der Waals surface area contributed by atoms with Crippen molar-refractivity contribution in [2.75, 3.05) is 14.1 Å². The van der Waals surface area contributed by atoms with Gasteiger partial charge in [0.15, 0.2) is 0 Å². The highest BCUT2D eigenvalue weighted by atomic mass is 16.5. The number of carboxylic acid groups (broad SMARTS) is 1. The van der Waals surface area contributed by atoms with Gasteiger partial charge in [-0.15, -0.1) is 0 Å². The first-order chi connectivity index (χ1) is 14.4. The number of aromatic nitrogens is 3. The van der Waals surface area contributed by atoms with Gasteiger partial charge in [0.2, 0.25) is 11.7 Å². The molecule has 1 unspecified atom stereocenters. The summed E-state index contributed by atoms with van der Waals surface area (Å²) in [5, 5.41) is 23.6. The van der Waals surface area contributed by atoms with Gasteiger partial charge in [-0.2, -0.15) is 4.98 Å². The summed E-state index contributed by atoms with van der Waals surface area (Å²) >= 11 is 0. The van der Waals surface area contributed by atoms with Crippen LogP contribution in [0.1, 0.15) is 81.4 Å². The minimum atomic E-state index is -0.869.